The monoisotopic (exact) mass is 351 g/mol. The number of hydrogen-bond acceptors (Lipinski definition) is 3. The van der Waals surface area contributed by atoms with Crippen LogP contribution in [0.4, 0.5) is 0 Å². The highest BCUT2D eigenvalue weighted by atomic mass is 16.2. The van der Waals surface area contributed by atoms with Crippen LogP contribution in [0.1, 0.15) is 36.5 Å². The van der Waals surface area contributed by atoms with Gasteiger partial charge in [0.2, 0.25) is 5.56 Å². The average Bonchev–Trinajstić information content (AvgIpc) is 2.62. The van der Waals surface area contributed by atoms with Gasteiger partial charge in [-0.1, -0.05) is 24.6 Å². The molecule has 26 heavy (non-hydrogen) atoms. The molecule has 0 saturated carbocycles. The number of hydrogen-bond donors (Lipinski definition) is 1. The summed E-state index contributed by atoms with van der Waals surface area (Å²) >= 11 is 0. The highest BCUT2D eigenvalue weighted by Crippen LogP contribution is 2.26. The van der Waals surface area contributed by atoms with E-state index in [1.165, 1.54) is 25.3 Å². The van der Waals surface area contributed by atoms with Crippen molar-refractivity contribution in [1.29, 1.82) is 0 Å². The summed E-state index contributed by atoms with van der Waals surface area (Å²) in [6.45, 7) is 5.09. The van der Waals surface area contributed by atoms with Crippen LogP contribution >= 0.6 is 0 Å². The smallest absolute Gasteiger partial charge is 0.253 e. The topological polar surface area (TPSA) is 56.4 Å². The maximum atomic E-state index is 12.8. The van der Waals surface area contributed by atoms with Crippen LogP contribution < -0.4 is 5.56 Å². The average molecular weight is 351 g/mol. The molecular weight excluding hydrogens is 326 g/mol. The van der Waals surface area contributed by atoms with Crippen LogP contribution in [0.15, 0.2) is 47.3 Å². The van der Waals surface area contributed by atoms with Gasteiger partial charge in [0.15, 0.2) is 0 Å². The third-order valence-electron chi connectivity index (χ3n) is 5.66. The Morgan fingerprint density at radius 1 is 1.12 bits per heavy atom. The van der Waals surface area contributed by atoms with Gasteiger partial charge in [-0.05, 0) is 50.1 Å². The fourth-order valence-corrected chi connectivity index (χ4v) is 4.11. The van der Waals surface area contributed by atoms with Crippen LogP contribution in [0.5, 0.6) is 0 Å². The molecule has 0 unspecified atom stereocenters. The standard InChI is InChI=1S/C21H25N3O2/c1-15-6-2-3-11-24(15)18-13-23(14-18)21(26)17-8-4-7-16(12-17)19-9-5-10-20(25)22-19/h4-5,7-10,12,15,18H,2-3,6,11,13-14H2,1H3,(H,22,25)/t15-/m1/s1. The number of likely N-dealkylation sites (tertiary alicyclic amines) is 2. The lowest BCUT2D eigenvalue weighted by atomic mass is 9.96. The normalized spacial score (nSPS) is 21.4. The Hall–Kier alpha value is -2.40. The largest absolute Gasteiger partial charge is 0.335 e. The van der Waals surface area contributed by atoms with E-state index < -0.39 is 0 Å². The molecule has 0 aliphatic carbocycles. The first-order chi connectivity index (χ1) is 12.6. The van der Waals surface area contributed by atoms with Gasteiger partial charge < -0.3 is 9.88 Å². The Morgan fingerprint density at radius 2 is 1.92 bits per heavy atom. The SMILES string of the molecule is C[C@@H]1CCCCN1C1CN(C(=O)c2cccc(-c3cccc(=O)[nH]3)c2)C1. The van der Waals surface area contributed by atoms with Crippen molar-refractivity contribution in [2.75, 3.05) is 19.6 Å². The number of aromatic amines is 1. The van der Waals surface area contributed by atoms with Crippen molar-refractivity contribution in [2.24, 2.45) is 0 Å². The Bertz CT molecular complexity index is 854. The van der Waals surface area contributed by atoms with E-state index in [9.17, 15) is 9.59 Å². The van der Waals surface area contributed by atoms with Gasteiger partial charge in [0, 0.05) is 42.5 Å². The van der Waals surface area contributed by atoms with Gasteiger partial charge in [0.25, 0.3) is 5.91 Å². The molecule has 3 heterocycles. The minimum absolute atomic E-state index is 0.0750. The summed E-state index contributed by atoms with van der Waals surface area (Å²) in [4.78, 5) is 31.7. The maximum absolute atomic E-state index is 12.8. The number of aromatic nitrogens is 1. The summed E-state index contributed by atoms with van der Waals surface area (Å²) in [7, 11) is 0. The van der Waals surface area contributed by atoms with E-state index in [-0.39, 0.29) is 11.5 Å². The molecule has 1 aromatic heterocycles. The number of nitrogens with one attached hydrogen (secondary N) is 1. The molecule has 1 amide bonds. The number of piperidine rings is 1. The van der Waals surface area contributed by atoms with Crippen molar-refractivity contribution in [2.45, 2.75) is 38.3 Å². The lowest BCUT2D eigenvalue weighted by Gasteiger charge is -2.49. The first kappa shape index (κ1) is 17.0. The Morgan fingerprint density at radius 3 is 2.69 bits per heavy atom. The van der Waals surface area contributed by atoms with Crippen LogP contribution in [0, 0.1) is 0 Å². The fourth-order valence-electron chi connectivity index (χ4n) is 4.11. The maximum Gasteiger partial charge on any atom is 0.253 e. The van der Waals surface area contributed by atoms with Crippen LogP contribution in [0.25, 0.3) is 11.3 Å². The molecule has 136 valence electrons. The summed E-state index contributed by atoms with van der Waals surface area (Å²) in [6, 6.07) is 13.7. The van der Waals surface area contributed by atoms with Crippen molar-refractivity contribution >= 4 is 5.91 Å². The highest BCUT2D eigenvalue weighted by molar-refractivity contribution is 5.96. The molecule has 2 aliphatic rings. The summed E-state index contributed by atoms with van der Waals surface area (Å²) < 4.78 is 0. The molecule has 2 aromatic rings. The van der Waals surface area contributed by atoms with Crippen LogP contribution in [-0.4, -0.2) is 52.4 Å². The molecule has 4 rings (SSSR count). The lowest BCUT2D eigenvalue weighted by Crippen LogP contribution is -2.63. The van der Waals surface area contributed by atoms with Crippen LogP contribution in [0.2, 0.25) is 0 Å². The number of carbonyl (C=O) groups excluding carboxylic acids is 1. The van der Waals surface area contributed by atoms with Gasteiger partial charge in [0.05, 0.1) is 0 Å². The lowest BCUT2D eigenvalue weighted by molar-refractivity contribution is 0.00213. The molecule has 1 atom stereocenters. The highest BCUT2D eigenvalue weighted by Gasteiger charge is 2.37. The zero-order valence-electron chi connectivity index (χ0n) is 15.1. The molecule has 1 N–H and O–H groups in total. The molecule has 1 aromatic carbocycles. The van der Waals surface area contributed by atoms with Gasteiger partial charge >= 0.3 is 0 Å². The number of benzene rings is 1. The van der Waals surface area contributed by atoms with Gasteiger partial charge in [-0.3, -0.25) is 14.5 Å². The Kier molecular flexibility index (Phi) is 4.64. The Balaban J connectivity index is 1.45. The van der Waals surface area contributed by atoms with E-state index in [0.29, 0.717) is 17.6 Å². The van der Waals surface area contributed by atoms with Gasteiger partial charge in [-0.15, -0.1) is 0 Å². The van der Waals surface area contributed by atoms with Crippen molar-refractivity contribution in [3.8, 4) is 11.3 Å². The molecule has 5 nitrogen and oxygen atoms in total. The van der Waals surface area contributed by atoms with Gasteiger partial charge in [-0.2, -0.15) is 0 Å². The van der Waals surface area contributed by atoms with Crippen molar-refractivity contribution in [3.05, 3.63) is 58.4 Å². The molecule has 2 fully saturated rings. The molecule has 0 radical (unpaired) electrons. The molecule has 2 saturated heterocycles. The third kappa shape index (κ3) is 3.31. The van der Waals surface area contributed by atoms with E-state index in [4.69, 9.17) is 0 Å². The van der Waals surface area contributed by atoms with E-state index in [0.717, 1.165) is 30.9 Å². The van der Waals surface area contributed by atoms with E-state index in [2.05, 4.69) is 16.8 Å². The predicted octanol–water partition coefficient (Wildman–Crippen LogP) is 2.74. The van der Waals surface area contributed by atoms with Crippen LogP contribution in [-0.2, 0) is 0 Å². The van der Waals surface area contributed by atoms with Gasteiger partial charge in [0.1, 0.15) is 0 Å². The second-order valence-corrected chi connectivity index (χ2v) is 7.46. The first-order valence-corrected chi connectivity index (χ1v) is 9.46. The number of rotatable bonds is 3. The third-order valence-corrected chi connectivity index (χ3v) is 5.66. The summed E-state index contributed by atoms with van der Waals surface area (Å²) in [6.07, 6.45) is 3.86. The van der Waals surface area contributed by atoms with Crippen molar-refractivity contribution in [1.82, 2.24) is 14.8 Å². The second kappa shape index (κ2) is 7.08. The van der Waals surface area contributed by atoms with Gasteiger partial charge in [-0.25, -0.2) is 0 Å². The molecule has 0 bridgehead atoms. The zero-order valence-corrected chi connectivity index (χ0v) is 15.1. The zero-order chi connectivity index (χ0) is 18.1. The predicted molar refractivity (Wildman–Crippen MR) is 102 cm³/mol. The summed E-state index contributed by atoms with van der Waals surface area (Å²) in [5.74, 6) is 0.0750. The molecule has 2 aliphatic heterocycles. The minimum atomic E-state index is -0.138. The van der Waals surface area contributed by atoms with E-state index >= 15 is 0 Å². The summed E-state index contributed by atoms with van der Waals surface area (Å²) in [5.41, 5.74) is 2.13. The first-order valence-electron chi connectivity index (χ1n) is 9.46. The van der Waals surface area contributed by atoms with Crippen molar-refractivity contribution < 1.29 is 4.79 Å². The summed E-state index contributed by atoms with van der Waals surface area (Å²) in [5, 5.41) is 0. The number of pyridine rings is 1. The fraction of sp³-hybridized carbons (Fsp3) is 0.429. The number of carbonyl (C=O) groups is 1. The Labute approximate surface area is 153 Å². The van der Waals surface area contributed by atoms with Crippen molar-refractivity contribution in [3.63, 3.8) is 0 Å². The quantitative estimate of drug-likeness (QED) is 0.925. The molecule has 0 spiro atoms. The minimum Gasteiger partial charge on any atom is -0.335 e. The van der Waals surface area contributed by atoms with E-state index in [1.54, 1.807) is 6.07 Å². The van der Waals surface area contributed by atoms with E-state index in [1.807, 2.05) is 35.2 Å². The number of amides is 1. The molecular formula is C21H25N3O2. The number of nitrogens with zero attached hydrogens (tertiary/aromatic N) is 2. The number of H-pyrrole nitrogens is 1. The van der Waals surface area contributed by atoms with Crippen LogP contribution in [0.3, 0.4) is 0 Å². The molecule has 5 heteroatoms. The second-order valence-electron chi connectivity index (χ2n) is 7.46.